The molecule has 0 aliphatic rings. The molecule has 2 N–H and O–H groups in total. The molecule has 0 aliphatic heterocycles. The van der Waals surface area contributed by atoms with Gasteiger partial charge in [0, 0.05) is 28.6 Å². The number of aliphatic hydroxyl groups excluding tert-OH is 1. The molecule has 2 atom stereocenters. The maximum absolute atomic E-state index is 11.5. The topological polar surface area (TPSA) is 49.3 Å². The highest BCUT2D eigenvalue weighted by molar-refractivity contribution is 7.85. The van der Waals surface area contributed by atoms with Crippen LogP contribution in [0.25, 0.3) is 0 Å². The van der Waals surface area contributed by atoms with Crippen molar-refractivity contribution in [3.05, 3.63) is 0 Å². The third-order valence-corrected chi connectivity index (χ3v) is 3.56. The summed E-state index contributed by atoms with van der Waals surface area (Å²) in [5.41, 5.74) is 0.000516. The van der Waals surface area contributed by atoms with E-state index in [1.54, 1.807) is 0 Å². The fraction of sp³-hybridized carbons (Fsp3) is 1.00. The molecule has 2 unspecified atom stereocenters. The van der Waals surface area contributed by atoms with Crippen LogP contribution in [0.15, 0.2) is 0 Å². The van der Waals surface area contributed by atoms with E-state index in [2.05, 4.69) is 5.32 Å². The summed E-state index contributed by atoms with van der Waals surface area (Å²) in [4.78, 5) is 0. The predicted octanol–water partition coefficient (Wildman–Crippen LogP) is 1.14. The summed E-state index contributed by atoms with van der Waals surface area (Å²) in [5, 5.41) is 12.8. The molecule has 0 fully saturated rings. The lowest BCUT2D eigenvalue weighted by Gasteiger charge is -2.22. The quantitative estimate of drug-likeness (QED) is 0.726. The van der Waals surface area contributed by atoms with Crippen molar-refractivity contribution >= 4 is 10.8 Å². The smallest absolute Gasteiger partial charge is 0.0779 e. The van der Waals surface area contributed by atoms with E-state index in [0.717, 1.165) is 0 Å². The third-order valence-electron chi connectivity index (χ3n) is 1.77. The lowest BCUT2D eigenvalue weighted by molar-refractivity contribution is 0.182. The highest BCUT2D eigenvalue weighted by atomic mass is 32.2. The van der Waals surface area contributed by atoms with Gasteiger partial charge in [-0.3, -0.25) is 4.21 Å². The molecular formula is C11H25NO2S. The van der Waals surface area contributed by atoms with Crippen molar-refractivity contribution < 1.29 is 9.32 Å². The van der Waals surface area contributed by atoms with Gasteiger partial charge in [-0.05, 0) is 26.7 Å². The lowest BCUT2D eigenvalue weighted by Crippen LogP contribution is -2.42. The van der Waals surface area contributed by atoms with E-state index < -0.39 is 16.9 Å². The number of hydrogen-bond donors (Lipinski definition) is 2. The van der Waals surface area contributed by atoms with Crippen LogP contribution in [-0.4, -0.2) is 39.0 Å². The highest BCUT2D eigenvalue weighted by Crippen LogP contribution is 2.01. The Labute approximate surface area is 96.1 Å². The summed E-state index contributed by atoms with van der Waals surface area (Å²) in [5.74, 6) is 1.47. The van der Waals surface area contributed by atoms with Crippen molar-refractivity contribution in [2.45, 2.75) is 46.3 Å². The lowest BCUT2D eigenvalue weighted by atomic mass is 10.1. The number of hydrogen-bond acceptors (Lipinski definition) is 3. The fourth-order valence-corrected chi connectivity index (χ4v) is 2.56. The standard InChI is InChI=1S/C11H25NO2S/c1-9(2)7-15(14)8-10(13)6-12-11(3,4)5/h9-10,12-13H,6-8H2,1-5H3. The van der Waals surface area contributed by atoms with Gasteiger partial charge < -0.3 is 10.4 Å². The molecule has 0 aromatic heterocycles. The Morgan fingerprint density at radius 1 is 1.27 bits per heavy atom. The van der Waals surface area contributed by atoms with Gasteiger partial charge in [-0.2, -0.15) is 0 Å². The van der Waals surface area contributed by atoms with Crippen LogP contribution in [0.2, 0.25) is 0 Å². The van der Waals surface area contributed by atoms with Crippen molar-refractivity contribution in [2.24, 2.45) is 5.92 Å². The molecule has 0 radical (unpaired) electrons. The van der Waals surface area contributed by atoms with E-state index in [4.69, 9.17) is 0 Å². The molecule has 0 aromatic carbocycles. The summed E-state index contributed by atoms with van der Waals surface area (Å²) in [6.07, 6.45) is -0.510. The van der Waals surface area contributed by atoms with Gasteiger partial charge in [0.25, 0.3) is 0 Å². The molecule has 0 saturated carbocycles. The van der Waals surface area contributed by atoms with Crippen molar-refractivity contribution in [1.29, 1.82) is 0 Å². The first kappa shape index (κ1) is 15.1. The van der Waals surface area contributed by atoms with Crippen LogP contribution in [0.5, 0.6) is 0 Å². The van der Waals surface area contributed by atoms with Gasteiger partial charge in [0.1, 0.15) is 0 Å². The highest BCUT2D eigenvalue weighted by Gasteiger charge is 2.14. The molecule has 92 valence electrons. The third kappa shape index (κ3) is 10.4. The van der Waals surface area contributed by atoms with E-state index in [0.29, 0.717) is 24.0 Å². The first-order chi connectivity index (χ1) is 6.70. The van der Waals surface area contributed by atoms with E-state index in [1.165, 1.54) is 0 Å². The number of nitrogens with one attached hydrogen (secondary N) is 1. The second-order valence-corrected chi connectivity index (χ2v) is 7.00. The predicted molar refractivity (Wildman–Crippen MR) is 66.5 cm³/mol. The van der Waals surface area contributed by atoms with Crippen LogP contribution in [0, 0.1) is 5.92 Å². The van der Waals surface area contributed by atoms with Gasteiger partial charge in [-0.25, -0.2) is 0 Å². The Hall–Kier alpha value is 0.0700. The van der Waals surface area contributed by atoms with Gasteiger partial charge in [0.05, 0.1) is 11.9 Å². The van der Waals surface area contributed by atoms with Crippen LogP contribution in [0.1, 0.15) is 34.6 Å². The fourth-order valence-electron chi connectivity index (χ4n) is 1.14. The molecule has 0 saturated heterocycles. The molecule has 15 heavy (non-hydrogen) atoms. The molecule has 0 spiro atoms. The maximum atomic E-state index is 11.5. The molecule has 0 amide bonds. The van der Waals surface area contributed by atoms with E-state index in [9.17, 15) is 9.32 Å². The summed E-state index contributed by atoms with van der Waals surface area (Å²) in [7, 11) is -0.898. The summed E-state index contributed by atoms with van der Waals surface area (Å²) in [6, 6.07) is 0. The molecule has 0 bridgehead atoms. The normalized spacial score (nSPS) is 16.7. The van der Waals surface area contributed by atoms with Crippen LogP contribution in [0.4, 0.5) is 0 Å². The molecule has 0 heterocycles. The van der Waals surface area contributed by atoms with Crippen molar-refractivity contribution in [3.8, 4) is 0 Å². The van der Waals surface area contributed by atoms with Crippen LogP contribution in [-0.2, 0) is 10.8 Å². The van der Waals surface area contributed by atoms with E-state index >= 15 is 0 Å². The second kappa shape index (κ2) is 6.61. The number of rotatable bonds is 6. The van der Waals surface area contributed by atoms with Crippen LogP contribution in [0.3, 0.4) is 0 Å². The first-order valence-corrected chi connectivity index (χ1v) is 6.97. The summed E-state index contributed by atoms with van der Waals surface area (Å²) in [6.45, 7) is 10.7. The van der Waals surface area contributed by atoms with Gasteiger partial charge in [-0.15, -0.1) is 0 Å². The van der Waals surface area contributed by atoms with E-state index in [1.807, 2.05) is 34.6 Å². The average molecular weight is 235 g/mol. The van der Waals surface area contributed by atoms with Gasteiger partial charge in [-0.1, -0.05) is 13.8 Å². The molecule has 0 aromatic rings. The van der Waals surface area contributed by atoms with Crippen LogP contribution >= 0.6 is 0 Å². The van der Waals surface area contributed by atoms with Gasteiger partial charge >= 0.3 is 0 Å². The Bertz CT molecular complexity index is 199. The second-order valence-electron chi connectivity index (χ2n) is 5.45. The van der Waals surface area contributed by atoms with E-state index in [-0.39, 0.29) is 5.54 Å². The number of β-amino-alcohol motifs (C(OH)–C–C–N with tert-alkyl or cyclic N) is 1. The zero-order valence-corrected chi connectivity index (χ0v) is 11.4. The summed E-state index contributed by atoms with van der Waals surface area (Å²) >= 11 is 0. The van der Waals surface area contributed by atoms with Crippen molar-refractivity contribution in [1.82, 2.24) is 5.32 Å². The minimum absolute atomic E-state index is 0.000516. The SMILES string of the molecule is CC(C)CS(=O)CC(O)CNC(C)(C)C. The zero-order valence-electron chi connectivity index (χ0n) is 10.5. The average Bonchev–Trinajstić information content (AvgIpc) is 1.97. The number of aliphatic hydroxyl groups is 1. The minimum Gasteiger partial charge on any atom is -0.391 e. The van der Waals surface area contributed by atoms with Gasteiger partial charge in [0.2, 0.25) is 0 Å². The molecule has 4 heteroatoms. The maximum Gasteiger partial charge on any atom is 0.0779 e. The first-order valence-electron chi connectivity index (χ1n) is 5.49. The largest absolute Gasteiger partial charge is 0.391 e. The van der Waals surface area contributed by atoms with Crippen molar-refractivity contribution in [2.75, 3.05) is 18.1 Å². The molecule has 0 rings (SSSR count). The minimum atomic E-state index is -0.898. The Balaban J connectivity index is 3.74. The monoisotopic (exact) mass is 235 g/mol. The Morgan fingerprint density at radius 2 is 1.80 bits per heavy atom. The summed E-state index contributed by atoms with van der Waals surface area (Å²) < 4.78 is 11.5. The van der Waals surface area contributed by atoms with Gasteiger partial charge in [0.15, 0.2) is 0 Å². The Morgan fingerprint density at radius 3 is 2.20 bits per heavy atom. The molecule has 0 aliphatic carbocycles. The Kier molecular flexibility index (Phi) is 6.64. The van der Waals surface area contributed by atoms with Crippen molar-refractivity contribution in [3.63, 3.8) is 0 Å². The molecular weight excluding hydrogens is 210 g/mol. The zero-order chi connectivity index (χ0) is 12.1. The van der Waals surface area contributed by atoms with Crippen LogP contribution < -0.4 is 5.32 Å². The molecule has 3 nitrogen and oxygen atoms in total.